The number of thiophene rings is 1. The molecule has 1 aliphatic carbocycles. The Kier molecular flexibility index (Phi) is 8.12. The van der Waals surface area contributed by atoms with Gasteiger partial charge in [0.25, 0.3) is 0 Å². The summed E-state index contributed by atoms with van der Waals surface area (Å²) in [6.45, 7) is 4.64. The Bertz CT molecular complexity index is 3870. The van der Waals surface area contributed by atoms with Crippen molar-refractivity contribution in [3.05, 3.63) is 211 Å². The highest BCUT2D eigenvalue weighted by molar-refractivity contribution is 7.26. The normalized spacial score (nSPS) is 13.0. The van der Waals surface area contributed by atoms with Crippen molar-refractivity contribution >= 4 is 63.8 Å². The molecule has 0 amide bonds. The van der Waals surface area contributed by atoms with Gasteiger partial charge < -0.3 is 0 Å². The van der Waals surface area contributed by atoms with Gasteiger partial charge in [-0.15, -0.1) is 11.3 Å². The van der Waals surface area contributed by atoms with Crippen LogP contribution >= 0.6 is 11.3 Å². The summed E-state index contributed by atoms with van der Waals surface area (Å²) in [7, 11) is 0. The van der Waals surface area contributed by atoms with E-state index in [1.165, 1.54) is 80.8 Å². The van der Waals surface area contributed by atoms with Crippen molar-refractivity contribution in [1.82, 2.24) is 15.0 Å². The second-order valence-electron chi connectivity index (χ2n) is 17.5. The molecule has 64 heavy (non-hydrogen) atoms. The van der Waals surface area contributed by atoms with E-state index in [4.69, 9.17) is 15.0 Å². The van der Waals surface area contributed by atoms with Gasteiger partial charge in [0.05, 0.1) is 0 Å². The number of fused-ring (bicyclic) bond motifs is 10. The van der Waals surface area contributed by atoms with E-state index in [0.717, 1.165) is 32.8 Å². The maximum atomic E-state index is 5.41. The zero-order chi connectivity index (χ0) is 42.5. The highest BCUT2D eigenvalue weighted by Gasteiger charge is 2.35. The van der Waals surface area contributed by atoms with Crippen LogP contribution < -0.4 is 0 Å². The SMILES string of the molecule is CC1(C)c2ccccc2-c2ccc(-c3nc(-c4cccc5ccccc45)nc(-c4cc5sc6cccc(-c7ccc(-c8cccc9ccccc89)cc7)c6c5c5ccccc45)n3)cc21. The van der Waals surface area contributed by atoms with E-state index in [-0.39, 0.29) is 5.41 Å². The summed E-state index contributed by atoms with van der Waals surface area (Å²) in [5.41, 5.74) is 12.9. The van der Waals surface area contributed by atoms with Gasteiger partial charge in [-0.05, 0) is 95.0 Å². The Morgan fingerprint density at radius 3 is 1.61 bits per heavy atom. The number of benzene rings is 10. The lowest BCUT2D eigenvalue weighted by Gasteiger charge is -2.21. The van der Waals surface area contributed by atoms with Crippen LogP contribution in [0.15, 0.2) is 200 Å². The van der Waals surface area contributed by atoms with E-state index in [9.17, 15) is 0 Å². The summed E-state index contributed by atoms with van der Waals surface area (Å²) in [5, 5.41) is 9.62. The van der Waals surface area contributed by atoms with Gasteiger partial charge in [0.2, 0.25) is 0 Å². The highest BCUT2D eigenvalue weighted by atomic mass is 32.1. The van der Waals surface area contributed by atoms with Crippen molar-refractivity contribution in [3.63, 3.8) is 0 Å². The number of rotatable bonds is 5. The van der Waals surface area contributed by atoms with Crippen LogP contribution in [0, 0.1) is 0 Å². The van der Waals surface area contributed by atoms with Gasteiger partial charge in [-0.25, -0.2) is 15.0 Å². The van der Waals surface area contributed by atoms with E-state index in [2.05, 4.69) is 214 Å². The zero-order valence-electron chi connectivity index (χ0n) is 35.3. The molecule has 10 aromatic carbocycles. The first-order valence-corrected chi connectivity index (χ1v) is 22.7. The lowest BCUT2D eigenvalue weighted by atomic mass is 9.82. The van der Waals surface area contributed by atoms with Gasteiger partial charge >= 0.3 is 0 Å². The minimum absolute atomic E-state index is 0.156. The lowest BCUT2D eigenvalue weighted by Crippen LogP contribution is -2.15. The third-order valence-electron chi connectivity index (χ3n) is 13.5. The van der Waals surface area contributed by atoms with Crippen LogP contribution in [0.5, 0.6) is 0 Å². The fourth-order valence-corrected chi connectivity index (χ4v) is 11.6. The number of nitrogens with zero attached hydrogens (tertiary/aromatic N) is 3. The minimum Gasteiger partial charge on any atom is -0.208 e. The largest absolute Gasteiger partial charge is 0.208 e. The average Bonchev–Trinajstić information content (AvgIpc) is 3.85. The molecule has 0 radical (unpaired) electrons. The van der Waals surface area contributed by atoms with Gasteiger partial charge in [0, 0.05) is 42.3 Å². The zero-order valence-corrected chi connectivity index (χ0v) is 36.1. The van der Waals surface area contributed by atoms with Gasteiger partial charge in [0.1, 0.15) is 0 Å². The van der Waals surface area contributed by atoms with Crippen LogP contribution in [0.2, 0.25) is 0 Å². The summed E-state index contributed by atoms with van der Waals surface area (Å²) >= 11 is 1.83. The third kappa shape index (κ3) is 5.62. The van der Waals surface area contributed by atoms with Crippen molar-refractivity contribution in [2.75, 3.05) is 0 Å². The second kappa shape index (κ2) is 14.1. The molecular weight excluding hydrogens is 795 g/mol. The standard InChI is InChI=1S/C60H39N3S/c1-60(2)51-26-10-9-21-46(51)47-33-32-40(34-52(47)60)57-61-58(49-25-12-17-37-15-4-6-19-43(37)49)63-59(62-57)50-35-54-56(48-22-8-7-20-45(48)50)55-44(24-13-27-53(55)64-54)39-30-28-38(29-31-39)42-23-11-16-36-14-3-5-18-41(36)42/h3-35H,1-2H3. The maximum absolute atomic E-state index is 5.41. The fraction of sp³-hybridized carbons (Fsp3) is 0.0500. The second-order valence-corrected chi connectivity index (χ2v) is 18.6. The van der Waals surface area contributed by atoms with Crippen molar-refractivity contribution in [2.24, 2.45) is 0 Å². The molecule has 0 saturated heterocycles. The molecule has 0 fully saturated rings. The van der Waals surface area contributed by atoms with Crippen molar-refractivity contribution in [1.29, 1.82) is 0 Å². The molecule has 0 saturated carbocycles. The summed E-state index contributed by atoms with van der Waals surface area (Å²) < 4.78 is 2.46. The predicted octanol–water partition coefficient (Wildman–Crippen LogP) is 16.3. The molecule has 2 heterocycles. The van der Waals surface area contributed by atoms with E-state index >= 15 is 0 Å². The average molecular weight is 834 g/mol. The van der Waals surface area contributed by atoms with Crippen LogP contribution in [0.1, 0.15) is 25.0 Å². The molecular formula is C60H39N3S. The summed E-state index contributed by atoms with van der Waals surface area (Å²) in [6, 6.07) is 72.5. The van der Waals surface area contributed by atoms with Crippen molar-refractivity contribution in [3.8, 4) is 67.5 Å². The fourth-order valence-electron chi connectivity index (χ4n) is 10.4. The Morgan fingerprint density at radius 2 is 0.844 bits per heavy atom. The van der Waals surface area contributed by atoms with Crippen LogP contribution in [-0.4, -0.2) is 15.0 Å². The molecule has 0 aliphatic heterocycles. The molecule has 0 N–H and O–H groups in total. The topological polar surface area (TPSA) is 38.7 Å². The third-order valence-corrected chi connectivity index (χ3v) is 14.7. The first-order chi connectivity index (χ1) is 31.5. The van der Waals surface area contributed by atoms with Crippen LogP contribution in [0.3, 0.4) is 0 Å². The molecule has 1 aliphatic rings. The maximum Gasteiger partial charge on any atom is 0.164 e. The van der Waals surface area contributed by atoms with Crippen LogP contribution in [-0.2, 0) is 5.41 Å². The number of aromatic nitrogens is 3. The Hall–Kier alpha value is -7.79. The molecule has 3 nitrogen and oxygen atoms in total. The molecule has 300 valence electrons. The van der Waals surface area contributed by atoms with Gasteiger partial charge in [-0.1, -0.05) is 196 Å². The monoisotopic (exact) mass is 833 g/mol. The molecule has 4 heteroatoms. The predicted molar refractivity (Wildman–Crippen MR) is 270 cm³/mol. The highest BCUT2D eigenvalue weighted by Crippen LogP contribution is 2.50. The van der Waals surface area contributed by atoms with E-state index in [1.54, 1.807) is 0 Å². The van der Waals surface area contributed by atoms with Crippen LogP contribution in [0.4, 0.5) is 0 Å². The van der Waals surface area contributed by atoms with Crippen LogP contribution in [0.25, 0.3) is 120 Å². The molecule has 12 aromatic rings. The molecule has 13 rings (SSSR count). The molecule has 0 spiro atoms. The lowest BCUT2D eigenvalue weighted by molar-refractivity contribution is 0.660. The Morgan fingerprint density at radius 1 is 0.328 bits per heavy atom. The first kappa shape index (κ1) is 36.8. The summed E-state index contributed by atoms with van der Waals surface area (Å²) in [6.07, 6.45) is 0. The van der Waals surface area contributed by atoms with Gasteiger partial charge in [-0.3, -0.25) is 0 Å². The van der Waals surface area contributed by atoms with E-state index < -0.39 is 0 Å². The first-order valence-electron chi connectivity index (χ1n) is 21.9. The van der Waals surface area contributed by atoms with E-state index in [0.29, 0.717) is 17.5 Å². The molecule has 0 bridgehead atoms. The molecule has 0 atom stereocenters. The molecule has 0 unspecified atom stereocenters. The van der Waals surface area contributed by atoms with Gasteiger partial charge in [-0.2, -0.15) is 0 Å². The minimum atomic E-state index is -0.156. The van der Waals surface area contributed by atoms with Crippen molar-refractivity contribution < 1.29 is 0 Å². The quantitative estimate of drug-likeness (QED) is 0.173. The Balaban J connectivity index is 1.00. The molecule has 2 aromatic heterocycles. The number of hydrogen-bond donors (Lipinski definition) is 0. The van der Waals surface area contributed by atoms with E-state index in [1.807, 2.05) is 11.3 Å². The smallest absolute Gasteiger partial charge is 0.164 e. The van der Waals surface area contributed by atoms with Crippen molar-refractivity contribution in [2.45, 2.75) is 19.3 Å². The Labute approximate surface area is 375 Å². The van der Waals surface area contributed by atoms with Gasteiger partial charge in [0.15, 0.2) is 17.5 Å². The summed E-state index contributed by atoms with van der Waals surface area (Å²) in [5.74, 6) is 1.99. The summed E-state index contributed by atoms with van der Waals surface area (Å²) in [4.78, 5) is 16.1. The number of hydrogen-bond acceptors (Lipinski definition) is 4.